The van der Waals surface area contributed by atoms with Gasteiger partial charge in [-0.15, -0.1) is 0 Å². The van der Waals surface area contributed by atoms with E-state index in [1.54, 1.807) is 0 Å². The average Bonchev–Trinajstić information content (AvgIpc) is 2.13. The molecule has 0 fully saturated rings. The minimum absolute atomic E-state index is 0.0391. The smallest absolute Gasteiger partial charge is 0.320 e. The summed E-state index contributed by atoms with van der Waals surface area (Å²) in [6.45, 7) is 10.8. The lowest BCUT2D eigenvalue weighted by Gasteiger charge is -2.36. The molecule has 0 saturated heterocycles. The van der Waals surface area contributed by atoms with Gasteiger partial charge in [-0.25, -0.2) is 0 Å². The molecule has 1 atom stereocenters. The molecule has 0 amide bonds. The fourth-order valence-corrected chi connectivity index (χ4v) is 1.69. The van der Waals surface area contributed by atoms with Crippen LogP contribution in [0.15, 0.2) is 0 Å². The normalized spacial score (nSPS) is 14.2. The van der Waals surface area contributed by atoms with Gasteiger partial charge in [0.25, 0.3) is 0 Å². The van der Waals surface area contributed by atoms with Crippen molar-refractivity contribution in [2.75, 3.05) is 26.8 Å². The lowest BCUT2D eigenvalue weighted by atomic mass is 9.86. The molecule has 4 heteroatoms. The molecule has 0 rings (SSSR count). The lowest BCUT2D eigenvalue weighted by molar-refractivity contribution is -0.147. The topological polar surface area (TPSA) is 49.8 Å². The van der Waals surface area contributed by atoms with Crippen molar-refractivity contribution in [2.45, 2.75) is 40.7 Å². The molecule has 0 aromatic rings. The van der Waals surface area contributed by atoms with Crippen LogP contribution < -0.4 is 0 Å². The zero-order chi connectivity index (χ0) is 13.6. The van der Waals surface area contributed by atoms with Crippen molar-refractivity contribution in [2.24, 2.45) is 11.3 Å². The summed E-state index contributed by atoms with van der Waals surface area (Å²) in [5, 5.41) is 9.37. The maximum absolute atomic E-state index is 11.6. The quantitative estimate of drug-likeness (QED) is 0.721. The van der Waals surface area contributed by atoms with E-state index >= 15 is 0 Å². The van der Waals surface area contributed by atoms with Crippen LogP contribution in [0.2, 0.25) is 0 Å². The summed E-state index contributed by atoms with van der Waals surface area (Å²) < 4.78 is 5.12. The molecule has 1 unspecified atom stereocenters. The van der Waals surface area contributed by atoms with Gasteiger partial charge in [-0.2, -0.15) is 0 Å². The molecule has 4 nitrogen and oxygen atoms in total. The Morgan fingerprint density at radius 3 is 2.24 bits per heavy atom. The van der Waals surface area contributed by atoms with Crippen LogP contribution in [-0.2, 0) is 9.53 Å². The van der Waals surface area contributed by atoms with E-state index in [1.807, 2.05) is 46.6 Å². The van der Waals surface area contributed by atoms with Crippen LogP contribution in [0.4, 0.5) is 0 Å². The van der Waals surface area contributed by atoms with E-state index in [0.717, 1.165) is 0 Å². The van der Waals surface area contributed by atoms with E-state index < -0.39 is 0 Å². The SMILES string of the molecule is CC(C)COC(=O)CN(C)C(CO)C(C)(C)C. The van der Waals surface area contributed by atoms with Crippen molar-refractivity contribution in [1.29, 1.82) is 0 Å². The molecule has 0 aromatic heterocycles. The third kappa shape index (κ3) is 6.64. The van der Waals surface area contributed by atoms with Crippen molar-refractivity contribution >= 4 is 5.97 Å². The van der Waals surface area contributed by atoms with E-state index in [1.165, 1.54) is 0 Å². The van der Waals surface area contributed by atoms with Gasteiger partial charge in [0.2, 0.25) is 0 Å². The number of nitrogens with zero attached hydrogens (tertiary/aromatic N) is 1. The molecule has 0 heterocycles. The first-order valence-electron chi connectivity index (χ1n) is 6.15. The summed E-state index contributed by atoms with van der Waals surface area (Å²) in [7, 11) is 1.84. The monoisotopic (exact) mass is 245 g/mol. The van der Waals surface area contributed by atoms with Crippen LogP contribution >= 0.6 is 0 Å². The van der Waals surface area contributed by atoms with E-state index in [2.05, 4.69) is 0 Å². The first kappa shape index (κ1) is 16.4. The molecule has 0 aromatic carbocycles. The standard InChI is InChI=1S/C13H27NO3/c1-10(2)9-17-12(16)7-14(6)11(8-15)13(3,4)5/h10-11,15H,7-9H2,1-6H3. The van der Waals surface area contributed by atoms with Gasteiger partial charge >= 0.3 is 5.97 Å². The van der Waals surface area contributed by atoms with E-state index in [9.17, 15) is 9.90 Å². The highest BCUT2D eigenvalue weighted by atomic mass is 16.5. The highest BCUT2D eigenvalue weighted by Crippen LogP contribution is 2.22. The molecule has 0 aliphatic rings. The Balaban J connectivity index is 4.23. The number of carbonyl (C=O) groups excluding carboxylic acids is 1. The van der Waals surface area contributed by atoms with Gasteiger partial charge in [0, 0.05) is 6.04 Å². The van der Waals surface area contributed by atoms with E-state index in [4.69, 9.17) is 4.74 Å². The number of hydrogen-bond acceptors (Lipinski definition) is 4. The molecule has 102 valence electrons. The molecule has 0 aliphatic heterocycles. The predicted molar refractivity (Wildman–Crippen MR) is 68.8 cm³/mol. The number of likely N-dealkylation sites (N-methyl/N-ethyl adjacent to an activating group) is 1. The molecule has 0 spiro atoms. The zero-order valence-electron chi connectivity index (χ0n) is 12.0. The van der Waals surface area contributed by atoms with Crippen LogP contribution in [0.5, 0.6) is 0 Å². The van der Waals surface area contributed by atoms with Crippen LogP contribution in [0.25, 0.3) is 0 Å². The summed E-state index contributed by atoms with van der Waals surface area (Å²) in [5.41, 5.74) is -0.0676. The van der Waals surface area contributed by atoms with Gasteiger partial charge in [0.1, 0.15) is 0 Å². The number of rotatable bonds is 6. The van der Waals surface area contributed by atoms with Crippen molar-refractivity contribution in [3.8, 4) is 0 Å². The van der Waals surface area contributed by atoms with Crippen molar-refractivity contribution < 1.29 is 14.6 Å². The number of esters is 1. The molecular weight excluding hydrogens is 218 g/mol. The fourth-order valence-electron chi connectivity index (χ4n) is 1.69. The van der Waals surface area contributed by atoms with Gasteiger partial charge in [0.05, 0.1) is 19.8 Å². The fraction of sp³-hybridized carbons (Fsp3) is 0.923. The number of ether oxygens (including phenoxy) is 1. The first-order chi connectivity index (χ1) is 7.68. The maximum atomic E-state index is 11.6. The lowest BCUT2D eigenvalue weighted by Crippen LogP contribution is -2.46. The summed E-state index contributed by atoms with van der Waals surface area (Å²) in [4.78, 5) is 13.4. The van der Waals surface area contributed by atoms with Crippen molar-refractivity contribution in [3.63, 3.8) is 0 Å². The van der Waals surface area contributed by atoms with Gasteiger partial charge in [-0.1, -0.05) is 34.6 Å². The van der Waals surface area contributed by atoms with Crippen LogP contribution in [-0.4, -0.2) is 48.8 Å². The second-order valence-electron chi connectivity index (χ2n) is 6.06. The van der Waals surface area contributed by atoms with Crippen molar-refractivity contribution in [3.05, 3.63) is 0 Å². The van der Waals surface area contributed by atoms with Crippen LogP contribution in [0.3, 0.4) is 0 Å². The third-order valence-electron chi connectivity index (χ3n) is 2.66. The highest BCUT2D eigenvalue weighted by Gasteiger charge is 2.28. The minimum atomic E-state index is -0.232. The van der Waals surface area contributed by atoms with Gasteiger partial charge in [-0.3, -0.25) is 9.69 Å². The Kier molecular flexibility index (Phi) is 6.72. The predicted octanol–water partition coefficient (Wildman–Crippen LogP) is 1.52. The Bertz CT molecular complexity index is 233. The summed E-state index contributed by atoms with van der Waals surface area (Å²) in [6.07, 6.45) is 0. The Labute approximate surface area is 105 Å². The average molecular weight is 245 g/mol. The Morgan fingerprint density at radius 2 is 1.88 bits per heavy atom. The number of aliphatic hydroxyl groups is 1. The van der Waals surface area contributed by atoms with Gasteiger partial charge in [0.15, 0.2) is 0 Å². The van der Waals surface area contributed by atoms with Crippen LogP contribution in [0, 0.1) is 11.3 Å². The first-order valence-corrected chi connectivity index (χ1v) is 6.15. The summed E-state index contributed by atoms with van der Waals surface area (Å²) in [5.74, 6) is 0.115. The second kappa shape index (κ2) is 6.97. The van der Waals surface area contributed by atoms with Crippen molar-refractivity contribution in [1.82, 2.24) is 4.90 Å². The zero-order valence-corrected chi connectivity index (χ0v) is 12.0. The number of aliphatic hydroxyl groups excluding tert-OH is 1. The third-order valence-corrected chi connectivity index (χ3v) is 2.66. The van der Waals surface area contributed by atoms with Gasteiger partial charge in [-0.05, 0) is 18.4 Å². The summed E-state index contributed by atoms with van der Waals surface area (Å²) >= 11 is 0. The number of hydrogen-bond donors (Lipinski definition) is 1. The molecular formula is C13H27NO3. The molecule has 0 radical (unpaired) electrons. The maximum Gasteiger partial charge on any atom is 0.320 e. The molecule has 0 saturated carbocycles. The largest absolute Gasteiger partial charge is 0.464 e. The number of carbonyl (C=O) groups is 1. The minimum Gasteiger partial charge on any atom is -0.464 e. The Morgan fingerprint density at radius 1 is 1.35 bits per heavy atom. The van der Waals surface area contributed by atoms with Gasteiger partial charge < -0.3 is 9.84 Å². The second-order valence-corrected chi connectivity index (χ2v) is 6.06. The van der Waals surface area contributed by atoms with E-state index in [0.29, 0.717) is 12.5 Å². The highest BCUT2D eigenvalue weighted by molar-refractivity contribution is 5.71. The molecule has 1 N–H and O–H groups in total. The molecule has 0 bridgehead atoms. The molecule has 17 heavy (non-hydrogen) atoms. The van der Waals surface area contributed by atoms with E-state index in [-0.39, 0.29) is 30.6 Å². The Hall–Kier alpha value is -0.610. The van der Waals surface area contributed by atoms with Crippen LogP contribution in [0.1, 0.15) is 34.6 Å². The molecule has 0 aliphatic carbocycles. The summed E-state index contributed by atoms with van der Waals surface area (Å²) in [6, 6.07) is -0.0471.